The molecule has 0 radical (unpaired) electrons. The molecule has 0 aromatic heterocycles. The third-order valence-electron chi connectivity index (χ3n) is 6.33. The Morgan fingerprint density at radius 2 is 1.12 bits per heavy atom. The Kier molecular flexibility index (Phi) is 9.12. The van der Waals surface area contributed by atoms with Crippen LogP contribution in [-0.4, -0.2) is 68.1 Å². The topological polar surface area (TPSA) is 42.0 Å². The van der Waals surface area contributed by atoms with Crippen LogP contribution in [0.3, 0.4) is 0 Å². The van der Waals surface area contributed by atoms with Crippen molar-refractivity contribution in [2.24, 2.45) is 0 Å². The van der Waals surface area contributed by atoms with Crippen molar-refractivity contribution >= 4 is 5.78 Å². The Balaban J connectivity index is 1.70. The Morgan fingerprint density at radius 3 is 1.62 bits per heavy atom. The Bertz CT molecular complexity index is 888. The summed E-state index contributed by atoms with van der Waals surface area (Å²) in [5.41, 5.74) is 3.21. The van der Waals surface area contributed by atoms with Crippen molar-refractivity contribution in [1.82, 2.24) is 9.80 Å². The van der Waals surface area contributed by atoms with Gasteiger partial charge >= 0.3 is 0 Å². The maximum Gasteiger partial charge on any atom is 0.198 e. The first-order valence-corrected chi connectivity index (χ1v) is 12.2. The smallest absolute Gasteiger partial charge is 0.198 e. The minimum absolute atomic E-state index is 0.0305. The van der Waals surface area contributed by atoms with Gasteiger partial charge in [-0.1, -0.05) is 52.0 Å². The van der Waals surface area contributed by atoms with Crippen LogP contribution in [0.2, 0.25) is 0 Å². The minimum Gasteiger partial charge on any atom is -0.493 e. The maximum atomic E-state index is 13.2. The van der Waals surface area contributed by atoms with Gasteiger partial charge in [-0.05, 0) is 51.2 Å². The Labute approximate surface area is 193 Å². The van der Waals surface area contributed by atoms with Crippen molar-refractivity contribution in [1.29, 1.82) is 0 Å². The highest BCUT2D eigenvalue weighted by molar-refractivity contribution is 6.24. The van der Waals surface area contributed by atoms with Crippen LogP contribution in [0.4, 0.5) is 0 Å². The quantitative estimate of drug-likeness (QED) is 0.327. The summed E-state index contributed by atoms with van der Waals surface area (Å²) in [6.45, 7) is 16.2. The van der Waals surface area contributed by atoms with Gasteiger partial charge in [0.05, 0.1) is 18.8 Å². The van der Waals surface area contributed by atoms with Gasteiger partial charge in [-0.2, -0.15) is 0 Å². The van der Waals surface area contributed by atoms with Crippen molar-refractivity contribution in [2.45, 2.75) is 40.5 Å². The first-order chi connectivity index (χ1) is 15.6. The standard InChI is InChI=1S/C27H38N2O3/c1-5-28(6-2)17-11-19-31-23-15-10-14-22-25(23)21-13-9-16-24(26(21)27(22)30)32-20-12-18-29(7-3)8-4/h9-10,13-16H,5-8,11-12,17-20H2,1-4H3. The molecule has 0 heterocycles. The molecule has 0 saturated heterocycles. The normalized spacial score (nSPS) is 12.4. The number of ketones is 1. The largest absolute Gasteiger partial charge is 0.493 e. The van der Waals surface area contributed by atoms with Crippen LogP contribution in [0.1, 0.15) is 56.5 Å². The molecule has 0 saturated carbocycles. The molecule has 0 unspecified atom stereocenters. The van der Waals surface area contributed by atoms with Gasteiger partial charge in [0.2, 0.25) is 0 Å². The number of rotatable bonds is 14. The van der Waals surface area contributed by atoms with E-state index in [2.05, 4.69) is 37.5 Å². The van der Waals surface area contributed by atoms with E-state index in [0.29, 0.717) is 30.1 Å². The van der Waals surface area contributed by atoms with Gasteiger partial charge in [0.25, 0.3) is 0 Å². The molecule has 0 N–H and O–H groups in total. The second kappa shape index (κ2) is 12.0. The molecule has 0 amide bonds. The Hall–Kier alpha value is -2.37. The van der Waals surface area contributed by atoms with Crippen molar-refractivity contribution in [3.63, 3.8) is 0 Å². The third kappa shape index (κ3) is 5.51. The average molecular weight is 439 g/mol. The molecular formula is C27H38N2O3. The van der Waals surface area contributed by atoms with Gasteiger partial charge in [0, 0.05) is 29.8 Å². The summed E-state index contributed by atoms with van der Waals surface area (Å²) in [6, 6.07) is 11.7. The molecule has 3 rings (SSSR count). The first kappa shape index (κ1) is 24.3. The van der Waals surface area contributed by atoms with E-state index in [4.69, 9.17) is 9.47 Å². The van der Waals surface area contributed by atoms with E-state index in [-0.39, 0.29) is 5.78 Å². The maximum absolute atomic E-state index is 13.2. The summed E-state index contributed by atoms with van der Waals surface area (Å²) in [5, 5.41) is 0. The van der Waals surface area contributed by atoms with Crippen LogP contribution in [0.15, 0.2) is 36.4 Å². The van der Waals surface area contributed by atoms with Gasteiger partial charge in [-0.15, -0.1) is 0 Å². The zero-order valence-electron chi connectivity index (χ0n) is 20.2. The van der Waals surface area contributed by atoms with Crippen LogP contribution in [0.25, 0.3) is 11.1 Å². The van der Waals surface area contributed by atoms with Crippen molar-refractivity contribution in [2.75, 3.05) is 52.5 Å². The fourth-order valence-electron chi connectivity index (χ4n) is 4.37. The molecule has 0 aliphatic heterocycles. The summed E-state index contributed by atoms with van der Waals surface area (Å²) in [6.07, 6.45) is 1.90. The highest BCUT2D eigenvalue weighted by atomic mass is 16.5. The number of hydrogen-bond donors (Lipinski definition) is 0. The number of fused-ring (bicyclic) bond motifs is 3. The first-order valence-electron chi connectivity index (χ1n) is 12.2. The van der Waals surface area contributed by atoms with Crippen LogP contribution in [-0.2, 0) is 0 Å². The minimum atomic E-state index is 0.0305. The highest BCUT2D eigenvalue weighted by Gasteiger charge is 2.32. The fraction of sp³-hybridized carbons (Fsp3) is 0.519. The van der Waals surface area contributed by atoms with Crippen LogP contribution < -0.4 is 9.47 Å². The molecule has 1 aliphatic rings. The lowest BCUT2D eigenvalue weighted by atomic mass is 10.0. The van der Waals surface area contributed by atoms with E-state index in [0.717, 1.165) is 69.0 Å². The highest BCUT2D eigenvalue weighted by Crippen LogP contribution is 2.45. The van der Waals surface area contributed by atoms with Crippen molar-refractivity contribution in [3.8, 4) is 22.6 Å². The zero-order valence-corrected chi connectivity index (χ0v) is 20.2. The molecule has 5 nitrogen and oxygen atoms in total. The van der Waals surface area contributed by atoms with Gasteiger partial charge in [-0.25, -0.2) is 0 Å². The van der Waals surface area contributed by atoms with Crippen molar-refractivity contribution < 1.29 is 14.3 Å². The summed E-state index contributed by atoms with van der Waals surface area (Å²) in [7, 11) is 0. The number of nitrogens with zero attached hydrogens (tertiary/aromatic N) is 2. The van der Waals surface area contributed by atoms with Gasteiger partial charge in [-0.3, -0.25) is 4.79 Å². The average Bonchev–Trinajstić information content (AvgIpc) is 3.13. The van der Waals surface area contributed by atoms with Crippen molar-refractivity contribution in [3.05, 3.63) is 47.5 Å². The van der Waals surface area contributed by atoms with Crippen LogP contribution >= 0.6 is 0 Å². The Morgan fingerprint density at radius 1 is 0.656 bits per heavy atom. The van der Waals surface area contributed by atoms with Gasteiger partial charge in [0.1, 0.15) is 11.5 Å². The van der Waals surface area contributed by atoms with E-state index >= 15 is 0 Å². The summed E-state index contributed by atoms with van der Waals surface area (Å²) in [4.78, 5) is 18.0. The van der Waals surface area contributed by atoms with E-state index < -0.39 is 0 Å². The van der Waals surface area contributed by atoms with Gasteiger partial charge < -0.3 is 19.3 Å². The number of carbonyl (C=O) groups is 1. The number of hydrogen-bond acceptors (Lipinski definition) is 5. The zero-order chi connectivity index (χ0) is 22.9. The second-order valence-electron chi connectivity index (χ2n) is 8.14. The lowest BCUT2D eigenvalue weighted by molar-refractivity contribution is 0.103. The molecular weight excluding hydrogens is 400 g/mol. The van der Waals surface area contributed by atoms with E-state index in [1.165, 1.54) is 0 Å². The van der Waals surface area contributed by atoms with Crippen LogP contribution in [0.5, 0.6) is 11.5 Å². The number of ether oxygens (including phenoxy) is 2. The van der Waals surface area contributed by atoms with E-state index in [1.54, 1.807) is 0 Å². The molecule has 0 fully saturated rings. The second-order valence-corrected chi connectivity index (χ2v) is 8.14. The van der Waals surface area contributed by atoms with Crippen LogP contribution in [0, 0.1) is 0 Å². The number of carbonyl (C=O) groups excluding carboxylic acids is 1. The molecule has 0 spiro atoms. The molecule has 2 aromatic carbocycles. The molecule has 5 heteroatoms. The lowest BCUT2D eigenvalue weighted by Gasteiger charge is -2.18. The molecule has 1 aliphatic carbocycles. The third-order valence-corrected chi connectivity index (χ3v) is 6.33. The summed E-state index contributed by atoms with van der Waals surface area (Å²) in [5.74, 6) is 1.49. The lowest BCUT2D eigenvalue weighted by Crippen LogP contribution is -2.25. The van der Waals surface area contributed by atoms with Gasteiger partial charge in [0.15, 0.2) is 5.78 Å². The predicted molar refractivity (Wildman–Crippen MR) is 131 cm³/mol. The fourth-order valence-corrected chi connectivity index (χ4v) is 4.37. The SMILES string of the molecule is CCN(CC)CCCOc1cccc2c1C(=O)c1cccc(OCCCN(CC)CC)c1-2. The number of benzene rings is 2. The monoisotopic (exact) mass is 438 g/mol. The summed E-state index contributed by atoms with van der Waals surface area (Å²) < 4.78 is 12.2. The molecule has 32 heavy (non-hydrogen) atoms. The van der Waals surface area contributed by atoms with E-state index in [9.17, 15) is 4.79 Å². The molecule has 0 atom stereocenters. The predicted octanol–water partition coefficient (Wildman–Crippen LogP) is 5.12. The summed E-state index contributed by atoms with van der Waals surface area (Å²) >= 11 is 0. The molecule has 2 aromatic rings. The van der Waals surface area contributed by atoms with E-state index in [1.807, 2.05) is 36.4 Å². The molecule has 174 valence electrons. The molecule has 0 bridgehead atoms.